The molecule has 0 amide bonds. The summed E-state index contributed by atoms with van der Waals surface area (Å²) in [5.41, 5.74) is 3.86. The molecule has 0 fully saturated rings. The molecule has 1 heterocycles. The van der Waals surface area contributed by atoms with Crippen molar-refractivity contribution in [2.75, 3.05) is 0 Å². The van der Waals surface area contributed by atoms with Crippen LogP contribution in [0.25, 0.3) is 0 Å². The molecule has 0 saturated heterocycles. The van der Waals surface area contributed by atoms with Gasteiger partial charge in [-0.15, -0.1) is 0 Å². The minimum Gasteiger partial charge on any atom is -0.480 e. The first-order valence-corrected chi connectivity index (χ1v) is 8.90. The van der Waals surface area contributed by atoms with E-state index in [1.54, 1.807) is 4.68 Å². The van der Waals surface area contributed by atoms with Gasteiger partial charge in [-0.1, -0.05) is 20.8 Å². The van der Waals surface area contributed by atoms with Gasteiger partial charge in [0.25, 0.3) is 0 Å². The molecule has 0 radical (unpaired) electrons. The number of ether oxygens (including phenoxy) is 1. The summed E-state index contributed by atoms with van der Waals surface area (Å²) in [6, 6.07) is 5.15. The Morgan fingerprint density at radius 1 is 1.27 bits per heavy atom. The number of nitriles is 1. The summed E-state index contributed by atoms with van der Waals surface area (Å²) < 4.78 is 7.74. The summed E-state index contributed by atoms with van der Waals surface area (Å²) in [5, 5.41) is 23.3. The monoisotopic (exact) mass is 355 g/mol. The predicted octanol–water partition coefficient (Wildman–Crippen LogP) is 4.32. The third-order valence-corrected chi connectivity index (χ3v) is 4.50. The molecule has 6 heteroatoms. The van der Waals surface area contributed by atoms with Gasteiger partial charge in [-0.2, -0.15) is 10.4 Å². The number of aryl methyl sites for hydroxylation is 3. The molecule has 0 spiro atoms. The van der Waals surface area contributed by atoms with Crippen LogP contribution in [0.5, 0.6) is 11.5 Å². The summed E-state index contributed by atoms with van der Waals surface area (Å²) in [6.07, 6.45) is 1.70. The van der Waals surface area contributed by atoms with E-state index in [1.165, 1.54) is 0 Å². The van der Waals surface area contributed by atoms with Crippen molar-refractivity contribution in [2.45, 2.75) is 59.9 Å². The molecular weight excluding hydrogens is 330 g/mol. The molecule has 0 saturated carbocycles. The van der Waals surface area contributed by atoms with Crippen molar-refractivity contribution < 1.29 is 14.6 Å². The van der Waals surface area contributed by atoms with Crippen LogP contribution in [0.1, 0.15) is 61.3 Å². The number of carbonyl (C=O) groups is 1. The van der Waals surface area contributed by atoms with E-state index in [0.29, 0.717) is 36.3 Å². The Hall–Kier alpha value is -2.81. The van der Waals surface area contributed by atoms with Gasteiger partial charge < -0.3 is 9.84 Å². The standard InChI is InChI=1S/C20H25N3O3/c1-6-16-19(17(7-2)23(22-16)18(8-3)20(24)25)26-14-9-12(4)15(11-21)13(5)10-14/h9-10,18H,6-8H2,1-5H3,(H,24,25). The average Bonchev–Trinajstić information content (AvgIpc) is 2.92. The normalized spacial score (nSPS) is 11.8. The highest BCUT2D eigenvalue weighted by molar-refractivity contribution is 5.72. The minimum absolute atomic E-state index is 0.446. The molecular formula is C20H25N3O3. The number of hydrogen-bond acceptors (Lipinski definition) is 4. The third-order valence-electron chi connectivity index (χ3n) is 4.50. The molecule has 26 heavy (non-hydrogen) atoms. The van der Waals surface area contributed by atoms with Crippen molar-refractivity contribution in [2.24, 2.45) is 0 Å². The first-order chi connectivity index (χ1) is 12.4. The van der Waals surface area contributed by atoms with Gasteiger partial charge in [0, 0.05) is 0 Å². The van der Waals surface area contributed by atoms with Gasteiger partial charge in [0.2, 0.25) is 0 Å². The number of aliphatic carboxylic acids is 1. The fraction of sp³-hybridized carbons (Fsp3) is 0.450. The van der Waals surface area contributed by atoms with Gasteiger partial charge in [-0.3, -0.25) is 4.68 Å². The van der Waals surface area contributed by atoms with Crippen molar-refractivity contribution >= 4 is 5.97 Å². The topological polar surface area (TPSA) is 88.1 Å². The molecule has 1 unspecified atom stereocenters. The zero-order valence-electron chi connectivity index (χ0n) is 16.0. The molecule has 2 rings (SSSR count). The summed E-state index contributed by atoms with van der Waals surface area (Å²) in [6.45, 7) is 9.51. The highest BCUT2D eigenvalue weighted by Crippen LogP contribution is 2.34. The van der Waals surface area contributed by atoms with Gasteiger partial charge in [0.05, 0.1) is 17.3 Å². The van der Waals surface area contributed by atoms with Gasteiger partial charge in [-0.05, 0) is 56.4 Å². The van der Waals surface area contributed by atoms with E-state index >= 15 is 0 Å². The predicted molar refractivity (Wildman–Crippen MR) is 98.7 cm³/mol. The van der Waals surface area contributed by atoms with E-state index in [4.69, 9.17) is 4.74 Å². The SMILES string of the molecule is CCc1nn(C(CC)C(=O)O)c(CC)c1Oc1cc(C)c(C#N)c(C)c1. The molecule has 0 bridgehead atoms. The summed E-state index contributed by atoms with van der Waals surface area (Å²) in [5.74, 6) is 0.355. The van der Waals surface area contributed by atoms with Crippen LogP contribution in [0.15, 0.2) is 12.1 Å². The van der Waals surface area contributed by atoms with E-state index < -0.39 is 12.0 Å². The van der Waals surface area contributed by atoms with Crippen LogP contribution in [0.2, 0.25) is 0 Å². The molecule has 1 aromatic carbocycles. The Labute approximate surface area is 154 Å². The van der Waals surface area contributed by atoms with Crippen LogP contribution in [-0.2, 0) is 17.6 Å². The minimum atomic E-state index is -0.899. The Morgan fingerprint density at radius 2 is 1.88 bits per heavy atom. The zero-order chi connectivity index (χ0) is 19.4. The van der Waals surface area contributed by atoms with Crippen molar-refractivity contribution in [3.8, 4) is 17.6 Å². The zero-order valence-corrected chi connectivity index (χ0v) is 16.0. The van der Waals surface area contributed by atoms with Gasteiger partial charge >= 0.3 is 5.97 Å². The lowest BCUT2D eigenvalue weighted by Crippen LogP contribution is -2.21. The molecule has 6 nitrogen and oxygen atoms in total. The van der Waals surface area contributed by atoms with E-state index in [-0.39, 0.29) is 0 Å². The molecule has 1 atom stereocenters. The first kappa shape index (κ1) is 19.5. The van der Waals surface area contributed by atoms with E-state index in [2.05, 4.69) is 11.2 Å². The molecule has 1 aromatic heterocycles. The number of nitrogens with zero attached hydrogens (tertiary/aromatic N) is 3. The second-order valence-corrected chi connectivity index (χ2v) is 6.28. The van der Waals surface area contributed by atoms with Crippen molar-refractivity contribution in [3.05, 3.63) is 40.2 Å². The Bertz CT molecular complexity index is 839. The van der Waals surface area contributed by atoms with Crippen LogP contribution >= 0.6 is 0 Å². The molecule has 0 aliphatic carbocycles. The quantitative estimate of drug-likeness (QED) is 0.799. The smallest absolute Gasteiger partial charge is 0.328 e. The van der Waals surface area contributed by atoms with Crippen molar-refractivity contribution in [3.63, 3.8) is 0 Å². The number of benzene rings is 1. The number of carboxylic acid groups (broad SMARTS) is 1. The Morgan fingerprint density at radius 3 is 2.31 bits per heavy atom. The molecule has 138 valence electrons. The Kier molecular flexibility index (Phi) is 6.04. The van der Waals surface area contributed by atoms with Gasteiger partial charge in [0.15, 0.2) is 5.75 Å². The van der Waals surface area contributed by atoms with E-state index in [0.717, 1.165) is 22.5 Å². The van der Waals surface area contributed by atoms with Gasteiger partial charge in [-0.25, -0.2) is 4.79 Å². The van der Waals surface area contributed by atoms with E-state index in [1.807, 2.05) is 46.8 Å². The number of aromatic nitrogens is 2. The summed E-state index contributed by atoms with van der Waals surface area (Å²) in [4.78, 5) is 11.6. The lowest BCUT2D eigenvalue weighted by molar-refractivity contribution is -0.141. The second kappa shape index (κ2) is 8.05. The Balaban J connectivity index is 2.55. The van der Waals surface area contributed by atoms with Crippen molar-refractivity contribution in [1.29, 1.82) is 5.26 Å². The van der Waals surface area contributed by atoms with E-state index in [9.17, 15) is 15.2 Å². The van der Waals surface area contributed by atoms with Crippen molar-refractivity contribution in [1.82, 2.24) is 9.78 Å². The molecule has 0 aliphatic heterocycles. The van der Waals surface area contributed by atoms with Crippen LogP contribution in [-0.4, -0.2) is 20.9 Å². The lowest BCUT2D eigenvalue weighted by atomic mass is 10.0. The van der Waals surface area contributed by atoms with Crippen LogP contribution < -0.4 is 4.74 Å². The van der Waals surface area contributed by atoms with Gasteiger partial charge in [0.1, 0.15) is 17.5 Å². The summed E-state index contributed by atoms with van der Waals surface area (Å²) in [7, 11) is 0. The molecule has 0 aliphatic rings. The lowest BCUT2D eigenvalue weighted by Gasteiger charge is -2.15. The largest absolute Gasteiger partial charge is 0.480 e. The fourth-order valence-corrected chi connectivity index (χ4v) is 3.16. The maximum Gasteiger partial charge on any atom is 0.328 e. The average molecular weight is 355 g/mol. The summed E-state index contributed by atoms with van der Waals surface area (Å²) >= 11 is 0. The molecule has 1 N–H and O–H groups in total. The van der Waals surface area contributed by atoms with Crippen LogP contribution in [0.3, 0.4) is 0 Å². The third kappa shape index (κ3) is 3.57. The number of hydrogen-bond donors (Lipinski definition) is 1. The number of carboxylic acids is 1. The maximum atomic E-state index is 11.6. The fourth-order valence-electron chi connectivity index (χ4n) is 3.16. The highest BCUT2D eigenvalue weighted by atomic mass is 16.5. The van der Waals surface area contributed by atoms with Crippen LogP contribution in [0, 0.1) is 25.2 Å². The maximum absolute atomic E-state index is 11.6. The van der Waals surface area contributed by atoms with Crippen LogP contribution in [0.4, 0.5) is 0 Å². The first-order valence-electron chi connectivity index (χ1n) is 8.90. The highest BCUT2D eigenvalue weighted by Gasteiger charge is 2.26. The number of rotatable bonds is 7. The molecule has 2 aromatic rings. The second-order valence-electron chi connectivity index (χ2n) is 6.28.